The van der Waals surface area contributed by atoms with Crippen LogP contribution in [0.25, 0.3) is 11.1 Å². The molecule has 0 spiro atoms. The van der Waals surface area contributed by atoms with Crippen molar-refractivity contribution < 1.29 is 18.7 Å². The van der Waals surface area contributed by atoms with Crippen LogP contribution in [0.2, 0.25) is 0 Å². The van der Waals surface area contributed by atoms with E-state index in [1.54, 1.807) is 55.6 Å². The number of hydrogen-bond acceptors (Lipinski definition) is 3. The third-order valence-electron chi connectivity index (χ3n) is 3.57. The number of hydrogen-bond donors (Lipinski definition) is 0. The van der Waals surface area contributed by atoms with Gasteiger partial charge in [-0.2, -0.15) is 0 Å². The molecule has 0 radical (unpaired) electrons. The molecule has 134 valence electrons. The van der Waals surface area contributed by atoms with Gasteiger partial charge in [-0.3, -0.25) is 0 Å². The maximum Gasteiger partial charge on any atom is 0.343 e. The van der Waals surface area contributed by atoms with Crippen LogP contribution in [0.1, 0.15) is 24.2 Å². The molecule has 0 amide bonds. The lowest BCUT2D eigenvalue weighted by atomic mass is 10.1. The third-order valence-corrected chi connectivity index (χ3v) is 3.57. The third kappa shape index (κ3) is 4.93. The summed E-state index contributed by atoms with van der Waals surface area (Å²) in [6.45, 7) is 4.00. The van der Waals surface area contributed by atoms with E-state index in [1.807, 2.05) is 26.0 Å². The molecule has 26 heavy (non-hydrogen) atoms. The van der Waals surface area contributed by atoms with Crippen LogP contribution in [0.4, 0.5) is 4.39 Å². The van der Waals surface area contributed by atoms with Crippen LogP contribution in [-0.4, -0.2) is 13.1 Å². The fourth-order valence-corrected chi connectivity index (χ4v) is 2.25. The Morgan fingerprint density at radius 3 is 1.69 bits per heavy atom. The number of methoxy groups -OCH3 is 1. The van der Waals surface area contributed by atoms with Gasteiger partial charge in [0.15, 0.2) is 0 Å². The smallest absolute Gasteiger partial charge is 0.343 e. The molecule has 3 rings (SSSR count). The predicted octanol–water partition coefficient (Wildman–Crippen LogP) is 5.75. The Hall–Kier alpha value is -3.14. The molecule has 0 aliphatic heterocycles. The van der Waals surface area contributed by atoms with Crippen molar-refractivity contribution >= 4 is 5.97 Å². The van der Waals surface area contributed by atoms with Crippen molar-refractivity contribution in [1.82, 2.24) is 0 Å². The van der Waals surface area contributed by atoms with Gasteiger partial charge in [-0.1, -0.05) is 38.1 Å². The minimum Gasteiger partial charge on any atom is -0.497 e. The van der Waals surface area contributed by atoms with E-state index in [4.69, 9.17) is 9.47 Å². The summed E-state index contributed by atoms with van der Waals surface area (Å²) in [7, 11) is 1.57. The lowest BCUT2D eigenvalue weighted by Crippen LogP contribution is -2.08. The van der Waals surface area contributed by atoms with Gasteiger partial charge in [-0.25, -0.2) is 9.18 Å². The van der Waals surface area contributed by atoms with Crippen molar-refractivity contribution in [3.8, 4) is 22.6 Å². The molecule has 0 aliphatic rings. The highest BCUT2D eigenvalue weighted by atomic mass is 19.1. The van der Waals surface area contributed by atoms with E-state index in [0.29, 0.717) is 17.1 Å². The topological polar surface area (TPSA) is 35.5 Å². The molecule has 0 aliphatic carbocycles. The van der Waals surface area contributed by atoms with Gasteiger partial charge in [-0.15, -0.1) is 0 Å². The van der Waals surface area contributed by atoms with Gasteiger partial charge in [-0.05, 0) is 59.7 Å². The van der Waals surface area contributed by atoms with E-state index in [2.05, 4.69) is 0 Å². The number of esters is 1. The molecule has 3 aromatic rings. The lowest BCUT2D eigenvalue weighted by Gasteiger charge is -2.07. The fraction of sp³-hybridized carbons (Fsp3) is 0.136. The Balaban J connectivity index is 0.00000117. The van der Waals surface area contributed by atoms with Gasteiger partial charge in [0.25, 0.3) is 0 Å². The Morgan fingerprint density at radius 2 is 1.19 bits per heavy atom. The first-order valence-electron chi connectivity index (χ1n) is 8.38. The standard InChI is InChI=1S/C20H15FO3.C2H6/c1-23-18-10-6-16(7-11-18)20(22)24-19-12-4-15(5-13-19)14-2-8-17(21)9-3-14;1-2/h2-13H,1H3;1-2H3. The second-order valence-corrected chi connectivity index (χ2v) is 5.15. The molecule has 0 saturated heterocycles. The first kappa shape index (κ1) is 19.2. The summed E-state index contributed by atoms with van der Waals surface area (Å²) in [5.41, 5.74) is 2.25. The van der Waals surface area contributed by atoms with Crippen molar-refractivity contribution in [2.24, 2.45) is 0 Å². The van der Waals surface area contributed by atoms with Gasteiger partial charge >= 0.3 is 5.97 Å². The monoisotopic (exact) mass is 352 g/mol. The zero-order chi connectivity index (χ0) is 18.9. The number of benzene rings is 3. The van der Waals surface area contributed by atoms with E-state index < -0.39 is 5.97 Å². The van der Waals surface area contributed by atoms with Crippen molar-refractivity contribution in [3.05, 3.63) is 84.2 Å². The minimum atomic E-state index is -0.438. The van der Waals surface area contributed by atoms with Gasteiger partial charge in [0.05, 0.1) is 12.7 Å². The fourth-order valence-electron chi connectivity index (χ4n) is 2.25. The summed E-state index contributed by atoms with van der Waals surface area (Å²) in [4.78, 5) is 12.1. The number of carbonyl (C=O) groups excluding carboxylic acids is 1. The molecule has 0 fully saturated rings. The summed E-state index contributed by atoms with van der Waals surface area (Å²) in [6.07, 6.45) is 0. The molecule has 0 unspecified atom stereocenters. The van der Waals surface area contributed by atoms with Gasteiger partial charge < -0.3 is 9.47 Å². The molecule has 3 nitrogen and oxygen atoms in total. The molecule has 0 atom stereocenters. The average Bonchev–Trinajstić information content (AvgIpc) is 2.71. The normalized spacial score (nSPS) is 9.69. The Morgan fingerprint density at radius 1 is 0.731 bits per heavy atom. The molecule has 0 aromatic heterocycles. The first-order valence-corrected chi connectivity index (χ1v) is 8.38. The molecule has 4 heteroatoms. The summed E-state index contributed by atoms with van der Waals surface area (Å²) in [6, 6.07) is 20.0. The number of carbonyl (C=O) groups is 1. The molecule has 0 heterocycles. The number of rotatable bonds is 4. The van der Waals surface area contributed by atoms with Crippen LogP contribution in [0.5, 0.6) is 11.5 Å². The lowest BCUT2D eigenvalue weighted by molar-refractivity contribution is 0.0734. The predicted molar refractivity (Wildman–Crippen MR) is 101 cm³/mol. The molecular formula is C22H21FO3. The summed E-state index contributed by atoms with van der Waals surface area (Å²) in [5, 5.41) is 0. The first-order chi connectivity index (χ1) is 12.7. The maximum absolute atomic E-state index is 13.0. The van der Waals surface area contributed by atoms with Gasteiger partial charge in [0.1, 0.15) is 17.3 Å². The highest BCUT2D eigenvalue weighted by molar-refractivity contribution is 5.91. The van der Waals surface area contributed by atoms with Gasteiger partial charge in [0.2, 0.25) is 0 Å². The molecule has 3 aromatic carbocycles. The van der Waals surface area contributed by atoms with Crippen molar-refractivity contribution in [2.45, 2.75) is 13.8 Å². The molecular weight excluding hydrogens is 331 g/mol. The summed E-state index contributed by atoms with van der Waals surface area (Å²) < 4.78 is 23.4. The van der Waals surface area contributed by atoms with E-state index in [0.717, 1.165) is 11.1 Å². The largest absolute Gasteiger partial charge is 0.497 e. The molecule has 0 N–H and O–H groups in total. The summed E-state index contributed by atoms with van der Waals surface area (Å²) in [5.74, 6) is 0.410. The molecule has 0 bridgehead atoms. The Labute approximate surface area is 153 Å². The van der Waals surface area contributed by atoms with Crippen LogP contribution in [0, 0.1) is 5.82 Å². The average molecular weight is 352 g/mol. The zero-order valence-electron chi connectivity index (χ0n) is 15.0. The Bertz CT molecular complexity index is 823. The SMILES string of the molecule is CC.COc1ccc(C(=O)Oc2ccc(-c3ccc(F)cc3)cc2)cc1. The van der Waals surface area contributed by atoms with Crippen LogP contribution >= 0.6 is 0 Å². The number of halogens is 1. The summed E-state index contributed by atoms with van der Waals surface area (Å²) >= 11 is 0. The second kappa shape index (κ2) is 9.37. The minimum absolute atomic E-state index is 0.274. The Kier molecular flexibility index (Phi) is 6.92. The van der Waals surface area contributed by atoms with E-state index in [1.165, 1.54) is 12.1 Å². The second-order valence-electron chi connectivity index (χ2n) is 5.15. The van der Waals surface area contributed by atoms with E-state index in [-0.39, 0.29) is 5.82 Å². The van der Waals surface area contributed by atoms with E-state index >= 15 is 0 Å². The quantitative estimate of drug-likeness (QED) is 0.443. The highest BCUT2D eigenvalue weighted by Crippen LogP contribution is 2.23. The van der Waals surface area contributed by atoms with Crippen LogP contribution in [0.15, 0.2) is 72.8 Å². The highest BCUT2D eigenvalue weighted by Gasteiger charge is 2.09. The molecule has 0 saturated carbocycles. The van der Waals surface area contributed by atoms with Gasteiger partial charge in [0, 0.05) is 0 Å². The maximum atomic E-state index is 13.0. The van der Waals surface area contributed by atoms with Crippen LogP contribution < -0.4 is 9.47 Å². The number of ether oxygens (including phenoxy) is 2. The van der Waals surface area contributed by atoms with E-state index in [9.17, 15) is 9.18 Å². The van der Waals surface area contributed by atoms with Crippen molar-refractivity contribution in [1.29, 1.82) is 0 Å². The van der Waals surface area contributed by atoms with Crippen molar-refractivity contribution in [2.75, 3.05) is 7.11 Å². The zero-order valence-corrected chi connectivity index (χ0v) is 15.0. The van der Waals surface area contributed by atoms with Crippen molar-refractivity contribution in [3.63, 3.8) is 0 Å². The van der Waals surface area contributed by atoms with Crippen LogP contribution in [0.3, 0.4) is 0 Å². The van der Waals surface area contributed by atoms with Crippen LogP contribution in [-0.2, 0) is 0 Å².